The van der Waals surface area contributed by atoms with Gasteiger partial charge in [-0.05, 0) is 45.6 Å². The van der Waals surface area contributed by atoms with E-state index >= 15 is 0 Å². The van der Waals surface area contributed by atoms with Crippen LogP contribution >= 0.6 is 11.3 Å². The molecule has 2 heterocycles. The maximum absolute atomic E-state index is 13.8. The fraction of sp³-hybridized carbons (Fsp3) is 0.571. The fourth-order valence-electron chi connectivity index (χ4n) is 3.98. The number of likely N-dealkylation sites (tertiary alicyclic amines) is 1. The van der Waals surface area contributed by atoms with Crippen LogP contribution in [0.2, 0.25) is 0 Å². The van der Waals surface area contributed by atoms with Gasteiger partial charge in [0.05, 0.1) is 10.2 Å². The van der Waals surface area contributed by atoms with Crippen LogP contribution in [0.15, 0.2) is 17.6 Å². The molecule has 1 aromatic heterocycles. The highest BCUT2D eigenvalue weighted by atomic mass is 32.1. The van der Waals surface area contributed by atoms with Gasteiger partial charge >= 0.3 is 0 Å². The van der Waals surface area contributed by atoms with E-state index in [1.165, 1.54) is 37.3 Å². The summed E-state index contributed by atoms with van der Waals surface area (Å²) in [6.07, 6.45) is 2.39. The van der Waals surface area contributed by atoms with Gasteiger partial charge in [-0.25, -0.2) is 9.37 Å². The number of halogens is 1. The minimum atomic E-state index is -1.37. The van der Waals surface area contributed by atoms with Crippen LogP contribution in [0.4, 0.5) is 4.39 Å². The van der Waals surface area contributed by atoms with Gasteiger partial charge in [0.15, 0.2) is 0 Å². The van der Waals surface area contributed by atoms with Gasteiger partial charge in [0, 0.05) is 31.1 Å². The zero-order valence-electron chi connectivity index (χ0n) is 17.1. The Morgan fingerprint density at radius 2 is 2.00 bits per heavy atom. The second-order valence-electron chi connectivity index (χ2n) is 8.65. The minimum Gasteiger partial charge on any atom is -0.488 e. The van der Waals surface area contributed by atoms with Crippen molar-refractivity contribution in [2.75, 3.05) is 13.1 Å². The lowest BCUT2D eigenvalue weighted by Crippen LogP contribution is -2.53. The average molecular weight is 436 g/mol. The molecule has 2 N–H and O–H groups in total. The van der Waals surface area contributed by atoms with Crippen LogP contribution in [0, 0.1) is 11.7 Å². The van der Waals surface area contributed by atoms with E-state index in [4.69, 9.17) is 4.74 Å². The van der Waals surface area contributed by atoms with Crippen molar-refractivity contribution in [3.05, 3.63) is 23.5 Å². The summed E-state index contributed by atoms with van der Waals surface area (Å²) in [4.78, 5) is 30.6. The third-order valence-corrected chi connectivity index (χ3v) is 6.55. The van der Waals surface area contributed by atoms with Crippen LogP contribution in [0.25, 0.3) is 10.2 Å². The molecule has 0 radical (unpaired) electrons. The summed E-state index contributed by atoms with van der Waals surface area (Å²) in [5.41, 5.74) is 0.943. The van der Waals surface area contributed by atoms with Crippen molar-refractivity contribution in [2.45, 2.75) is 57.3 Å². The Morgan fingerprint density at radius 1 is 1.30 bits per heavy atom. The number of rotatable bonds is 5. The first-order valence-electron chi connectivity index (χ1n) is 10.2. The number of benzene rings is 1. The summed E-state index contributed by atoms with van der Waals surface area (Å²) in [6.45, 7) is 4.02. The first-order chi connectivity index (χ1) is 14.2. The SMILES string of the molecule is CC(C)(O)C(=O)N1CCC(NC(=O)[C@H]2C[C@H](Oc3cc(F)cc4scnc34)C2)CC1. The Kier molecular flexibility index (Phi) is 5.67. The molecule has 9 heteroatoms. The molecule has 0 unspecified atom stereocenters. The summed E-state index contributed by atoms with van der Waals surface area (Å²) < 4.78 is 20.4. The molecule has 1 saturated carbocycles. The summed E-state index contributed by atoms with van der Waals surface area (Å²) in [6, 6.07) is 2.82. The zero-order valence-corrected chi connectivity index (χ0v) is 17.9. The molecule has 0 atom stereocenters. The van der Waals surface area contributed by atoms with E-state index in [1.54, 1.807) is 10.4 Å². The van der Waals surface area contributed by atoms with Gasteiger partial charge in [-0.3, -0.25) is 9.59 Å². The number of carbonyl (C=O) groups excluding carboxylic acids is 2. The second-order valence-corrected chi connectivity index (χ2v) is 9.53. The molecular weight excluding hydrogens is 409 g/mol. The third-order valence-electron chi connectivity index (χ3n) is 5.78. The van der Waals surface area contributed by atoms with Gasteiger partial charge < -0.3 is 20.1 Å². The molecule has 0 bridgehead atoms. The number of piperidine rings is 1. The predicted octanol–water partition coefficient (Wildman–Crippen LogP) is 2.47. The molecule has 1 aliphatic carbocycles. The van der Waals surface area contributed by atoms with Crippen molar-refractivity contribution in [2.24, 2.45) is 5.92 Å². The molecule has 2 fully saturated rings. The molecule has 2 aromatic rings. The first-order valence-corrected chi connectivity index (χ1v) is 11.1. The lowest BCUT2D eigenvalue weighted by molar-refractivity contribution is -0.149. The molecule has 0 spiro atoms. The molecule has 30 heavy (non-hydrogen) atoms. The number of amides is 2. The quantitative estimate of drug-likeness (QED) is 0.753. The molecule has 7 nitrogen and oxygen atoms in total. The number of ether oxygens (including phenoxy) is 1. The number of aromatic nitrogens is 1. The van der Waals surface area contributed by atoms with E-state index in [-0.39, 0.29) is 35.7 Å². The summed E-state index contributed by atoms with van der Waals surface area (Å²) >= 11 is 1.36. The summed E-state index contributed by atoms with van der Waals surface area (Å²) in [5, 5.41) is 12.9. The van der Waals surface area contributed by atoms with E-state index < -0.39 is 5.60 Å². The van der Waals surface area contributed by atoms with Crippen LogP contribution in [0.3, 0.4) is 0 Å². The van der Waals surface area contributed by atoms with Gasteiger partial charge in [-0.2, -0.15) is 0 Å². The van der Waals surface area contributed by atoms with Crippen molar-refractivity contribution >= 4 is 33.4 Å². The molecular formula is C21H26FN3O4S. The third kappa shape index (κ3) is 4.41. The Bertz CT molecular complexity index is 943. The van der Waals surface area contributed by atoms with Crippen LogP contribution in [-0.4, -0.2) is 57.6 Å². The fourth-order valence-corrected chi connectivity index (χ4v) is 4.70. The molecule has 162 valence electrons. The highest BCUT2D eigenvalue weighted by Gasteiger charge is 2.38. The number of thiazole rings is 1. The highest BCUT2D eigenvalue weighted by molar-refractivity contribution is 7.16. The first kappa shape index (κ1) is 21.0. The number of aliphatic hydroxyl groups is 1. The monoisotopic (exact) mass is 435 g/mol. The predicted molar refractivity (Wildman–Crippen MR) is 111 cm³/mol. The van der Waals surface area contributed by atoms with E-state index in [0.29, 0.717) is 50.0 Å². The van der Waals surface area contributed by atoms with Gasteiger partial charge in [-0.15, -0.1) is 11.3 Å². The molecule has 1 saturated heterocycles. The lowest BCUT2D eigenvalue weighted by atomic mass is 9.81. The van der Waals surface area contributed by atoms with E-state index in [9.17, 15) is 19.1 Å². The number of nitrogens with zero attached hydrogens (tertiary/aromatic N) is 2. The Labute approximate surface area is 178 Å². The largest absolute Gasteiger partial charge is 0.488 e. The smallest absolute Gasteiger partial charge is 0.253 e. The van der Waals surface area contributed by atoms with Crippen LogP contribution in [0.1, 0.15) is 39.5 Å². The van der Waals surface area contributed by atoms with Crippen molar-refractivity contribution in [1.29, 1.82) is 0 Å². The summed E-state index contributed by atoms with van der Waals surface area (Å²) in [7, 11) is 0. The summed E-state index contributed by atoms with van der Waals surface area (Å²) in [5.74, 6) is -0.327. The number of hydrogen-bond acceptors (Lipinski definition) is 6. The van der Waals surface area contributed by atoms with E-state index in [0.717, 1.165) is 4.70 Å². The highest BCUT2D eigenvalue weighted by Crippen LogP contribution is 2.35. The van der Waals surface area contributed by atoms with Crippen molar-refractivity contribution < 1.29 is 23.8 Å². The average Bonchev–Trinajstić information content (AvgIpc) is 3.11. The standard InChI is InChI=1S/C21H26FN3O4S/c1-21(2,28)20(27)25-5-3-14(4-6-25)24-19(26)12-7-15(8-12)29-16-9-13(22)10-17-18(16)23-11-30-17/h9-12,14-15,28H,3-8H2,1-2H3,(H,24,26)/t12-,15-. The van der Waals surface area contributed by atoms with Gasteiger partial charge in [0.1, 0.15) is 28.8 Å². The van der Waals surface area contributed by atoms with Gasteiger partial charge in [0.2, 0.25) is 5.91 Å². The molecule has 1 aromatic carbocycles. The van der Waals surface area contributed by atoms with Gasteiger partial charge in [-0.1, -0.05) is 0 Å². The molecule has 2 amide bonds. The van der Waals surface area contributed by atoms with Gasteiger partial charge in [0.25, 0.3) is 5.91 Å². The maximum atomic E-state index is 13.8. The second kappa shape index (κ2) is 8.11. The van der Waals surface area contributed by atoms with E-state index in [2.05, 4.69) is 10.3 Å². The number of nitrogens with one attached hydrogen (secondary N) is 1. The minimum absolute atomic E-state index is 0.000150. The Balaban J connectivity index is 1.23. The molecule has 2 aliphatic rings. The van der Waals surface area contributed by atoms with Crippen LogP contribution in [0.5, 0.6) is 5.75 Å². The van der Waals surface area contributed by atoms with Crippen molar-refractivity contribution in [3.8, 4) is 5.75 Å². The van der Waals surface area contributed by atoms with Crippen LogP contribution < -0.4 is 10.1 Å². The number of fused-ring (bicyclic) bond motifs is 1. The Hall–Kier alpha value is -2.26. The Morgan fingerprint density at radius 3 is 2.67 bits per heavy atom. The normalized spacial score (nSPS) is 22.6. The lowest BCUT2D eigenvalue weighted by Gasteiger charge is -2.38. The van der Waals surface area contributed by atoms with Crippen molar-refractivity contribution in [1.82, 2.24) is 15.2 Å². The molecule has 4 rings (SSSR count). The van der Waals surface area contributed by atoms with Crippen molar-refractivity contribution in [3.63, 3.8) is 0 Å². The number of carbonyl (C=O) groups is 2. The molecule has 1 aliphatic heterocycles. The maximum Gasteiger partial charge on any atom is 0.253 e. The van der Waals surface area contributed by atoms with E-state index in [1.807, 2.05) is 0 Å². The zero-order chi connectivity index (χ0) is 21.5. The number of hydrogen-bond donors (Lipinski definition) is 2. The van der Waals surface area contributed by atoms with Crippen LogP contribution in [-0.2, 0) is 9.59 Å². The topological polar surface area (TPSA) is 91.8 Å².